The van der Waals surface area contributed by atoms with Crippen LogP contribution in [0.2, 0.25) is 0 Å². The van der Waals surface area contributed by atoms with Crippen LogP contribution in [0.3, 0.4) is 0 Å². The van der Waals surface area contributed by atoms with Crippen molar-refractivity contribution < 1.29 is 9.59 Å². The number of nitrogens with zero attached hydrogens (tertiary/aromatic N) is 2. The monoisotopic (exact) mass is 366 g/mol. The maximum absolute atomic E-state index is 13.0. The third kappa shape index (κ3) is 2.41. The Balaban J connectivity index is 1.86. The molecule has 0 radical (unpaired) electrons. The summed E-state index contributed by atoms with van der Waals surface area (Å²) in [4.78, 5) is 29.6. The SMILES string of the molecule is CCN1C(=O)/C(=C2/SC(=S)N(c3ccccc3)C2=O)c2ccccc21. The number of para-hydroxylation sites is 2. The molecule has 0 bridgehead atoms. The van der Waals surface area contributed by atoms with Gasteiger partial charge in [0.2, 0.25) is 0 Å². The molecule has 124 valence electrons. The number of carbonyl (C=O) groups is 2. The molecule has 2 aromatic rings. The summed E-state index contributed by atoms with van der Waals surface area (Å²) in [5, 5.41) is 0. The van der Waals surface area contributed by atoms with E-state index in [1.165, 1.54) is 16.7 Å². The molecule has 25 heavy (non-hydrogen) atoms. The number of benzene rings is 2. The van der Waals surface area contributed by atoms with Gasteiger partial charge in [-0.25, -0.2) is 0 Å². The minimum absolute atomic E-state index is 0.141. The predicted molar refractivity (Wildman–Crippen MR) is 106 cm³/mol. The Morgan fingerprint density at radius 1 is 0.960 bits per heavy atom. The van der Waals surface area contributed by atoms with Crippen LogP contribution in [-0.2, 0) is 9.59 Å². The number of fused-ring (bicyclic) bond motifs is 1. The lowest BCUT2D eigenvalue weighted by molar-refractivity contribution is -0.115. The second kappa shape index (κ2) is 6.13. The normalized spacial score (nSPS) is 19.8. The lowest BCUT2D eigenvalue weighted by Gasteiger charge is -2.14. The molecule has 0 saturated carbocycles. The highest BCUT2D eigenvalue weighted by Gasteiger charge is 2.41. The van der Waals surface area contributed by atoms with Crippen molar-refractivity contribution >= 4 is 57.1 Å². The van der Waals surface area contributed by atoms with Crippen LogP contribution in [0.1, 0.15) is 12.5 Å². The maximum Gasteiger partial charge on any atom is 0.271 e. The fourth-order valence-corrected chi connectivity index (χ4v) is 4.50. The minimum atomic E-state index is -0.239. The quantitative estimate of drug-likeness (QED) is 0.598. The van der Waals surface area contributed by atoms with Gasteiger partial charge in [0.15, 0.2) is 4.32 Å². The van der Waals surface area contributed by atoms with Crippen molar-refractivity contribution in [3.05, 3.63) is 65.1 Å². The number of hydrogen-bond acceptors (Lipinski definition) is 4. The lowest BCUT2D eigenvalue weighted by atomic mass is 10.1. The number of carbonyl (C=O) groups excluding carboxylic acids is 2. The van der Waals surface area contributed by atoms with Crippen LogP contribution in [0.4, 0.5) is 11.4 Å². The molecule has 2 aromatic carbocycles. The molecule has 0 atom stereocenters. The van der Waals surface area contributed by atoms with Gasteiger partial charge >= 0.3 is 0 Å². The van der Waals surface area contributed by atoms with E-state index in [0.29, 0.717) is 27.0 Å². The average molecular weight is 366 g/mol. The molecule has 0 unspecified atom stereocenters. The van der Waals surface area contributed by atoms with Crippen LogP contribution >= 0.6 is 24.0 Å². The fourth-order valence-electron chi connectivity index (χ4n) is 3.13. The number of likely N-dealkylation sites (N-methyl/N-ethyl adjacent to an activating group) is 1. The third-order valence-electron chi connectivity index (χ3n) is 4.25. The second-order valence-corrected chi connectivity index (χ2v) is 7.26. The molecule has 0 N–H and O–H groups in total. The van der Waals surface area contributed by atoms with Crippen LogP contribution in [0, 0.1) is 0 Å². The van der Waals surface area contributed by atoms with Gasteiger partial charge in [-0.1, -0.05) is 60.4 Å². The van der Waals surface area contributed by atoms with E-state index in [1.54, 1.807) is 4.90 Å². The highest BCUT2D eigenvalue weighted by atomic mass is 32.2. The fraction of sp³-hybridized carbons (Fsp3) is 0.105. The van der Waals surface area contributed by atoms with Crippen molar-refractivity contribution in [1.82, 2.24) is 0 Å². The largest absolute Gasteiger partial charge is 0.308 e. The van der Waals surface area contributed by atoms with E-state index in [2.05, 4.69) is 0 Å². The number of rotatable bonds is 2. The second-order valence-electron chi connectivity index (χ2n) is 5.61. The Hall–Kier alpha value is -2.44. The van der Waals surface area contributed by atoms with E-state index < -0.39 is 0 Å². The van der Waals surface area contributed by atoms with Gasteiger partial charge in [0.25, 0.3) is 11.8 Å². The van der Waals surface area contributed by atoms with E-state index in [9.17, 15) is 9.59 Å². The first-order valence-corrected chi connectivity index (χ1v) is 9.12. The molecule has 4 nitrogen and oxygen atoms in total. The smallest absolute Gasteiger partial charge is 0.271 e. The number of thioether (sulfide) groups is 1. The predicted octanol–water partition coefficient (Wildman–Crippen LogP) is 3.83. The first kappa shape index (κ1) is 16.1. The molecule has 2 aliphatic heterocycles. The molecule has 1 saturated heterocycles. The third-order valence-corrected chi connectivity index (χ3v) is 5.62. The summed E-state index contributed by atoms with van der Waals surface area (Å²) in [6.45, 7) is 2.48. The maximum atomic E-state index is 13.0. The molecular weight excluding hydrogens is 352 g/mol. The van der Waals surface area contributed by atoms with E-state index >= 15 is 0 Å². The molecule has 6 heteroatoms. The molecule has 0 aromatic heterocycles. The van der Waals surface area contributed by atoms with Crippen LogP contribution in [0.5, 0.6) is 0 Å². The Morgan fingerprint density at radius 3 is 2.36 bits per heavy atom. The van der Waals surface area contributed by atoms with Gasteiger partial charge < -0.3 is 4.90 Å². The zero-order valence-corrected chi connectivity index (χ0v) is 15.1. The van der Waals surface area contributed by atoms with E-state index in [4.69, 9.17) is 12.2 Å². The van der Waals surface area contributed by atoms with Crippen molar-refractivity contribution in [3.8, 4) is 0 Å². The van der Waals surface area contributed by atoms with Crippen molar-refractivity contribution in [2.45, 2.75) is 6.92 Å². The first-order valence-electron chi connectivity index (χ1n) is 7.90. The Bertz CT molecular complexity index is 937. The van der Waals surface area contributed by atoms with Crippen molar-refractivity contribution in [2.24, 2.45) is 0 Å². The highest BCUT2D eigenvalue weighted by Crippen LogP contribution is 2.45. The van der Waals surface area contributed by atoms with Gasteiger partial charge in [-0.15, -0.1) is 0 Å². The summed E-state index contributed by atoms with van der Waals surface area (Å²) in [6, 6.07) is 16.8. The van der Waals surface area contributed by atoms with Gasteiger partial charge in [-0.05, 0) is 25.1 Å². The molecule has 0 aliphatic carbocycles. The topological polar surface area (TPSA) is 40.6 Å². The molecule has 1 fully saturated rings. The van der Waals surface area contributed by atoms with Crippen LogP contribution in [-0.4, -0.2) is 22.7 Å². The summed E-state index contributed by atoms with van der Waals surface area (Å²) >= 11 is 6.61. The molecule has 2 amide bonds. The van der Waals surface area contributed by atoms with E-state index in [-0.39, 0.29) is 11.8 Å². The zero-order valence-electron chi connectivity index (χ0n) is 13.4. The van der Waals surface area contributed by atoms with E-state index in [0.717, 1.165) is 11.3 Å². The van der Waals surface area contributed by atoms with Crippen LogP contribution < -0.4 is 9.80 Å². The zero-order chi connectivity index (χ0) is 17.6. The molecule has 2 aliphatic rings. The molecule has 0 spiro atoms. The van der Waals surface area contributed by atoms with E-state index in [1.807, 2.05) is 61.5 Å². The summed E-state index contributed by atoms with van der Waals surface area (Å²) in [7, 11) is 0. The summed E-state index contributed by atoms with van der Waals surface area (Å²) in [5.41, 5.74) is 2.80. The Kier molecular flexibility index (Phi) is 3.94. The number of amides is 2. The summed E-state index contributed by atoms with van der Waals surface area (Å²) in [6.07, 6.45) is 0. The minimum Gasteiger partial charge on any atom is -0.308 e. The van der Waals surface area contributed by atoms with Crippen molar-refractivity contribution in [1.29, 1.82) is 0 Å². The lowest BCUT2D eigenvalue weighted by Crippen LogP contribution is -2.29. The van der Waals surface area contributed by atoms with Crippen molar-refractivity contribution in [3.63, 3.8) is 0 Å². The molecule has 2 heterocycles. The number of anilines is 2. The van der Waals surface area contributed by atoms with Gasteiger partial charge in [0.1, 0.15) is 0 Å². The summed E-state index contributed by atoms with van der Waals surface area (Å²) in [5.74, 6) is -0.380. The van der Waals surface area contributed by atoms with Gasteiger partial charge in [-0.3, -0.25) is 14.5 Å². The first-order chi connectivity index (χ1) is 12.1. The van der Waals surface area contributed by atoms with Crippen LogP contribution in [0.25, 0.3) is 5.57 Å². The highest BCUT2D eigenvalue weighted by molar-refractivity contribution is 8.27. The van der Waals surface area contributed by atoms with Gasteiger partial charge in [0.05, 0.1) is 21.9 Å². The molecule has 4 rings (SSSR count). The number of hydrogen-bond donors (Lipinski definition) is 0. The molecular formula is C19H14N2O2S2. The summed E-state index contributed by atoms with van der Waals surface area (Å²) < 4.78 is 0.443. The standard InChI is InChI=1S/C19H14N2O2S2/c1-2-20-14-11-7-6-10-13(14)15(17(20)22)16-18(23)21(19(24)25-16)12-8-4-3-5-9-12/h3-11H,2H2,1H3/b16-15+. The van der Waals surface area contributed by atoms with Crippen molar-refractivity contribution in [2.75, 3.05) is 16.3 Å². The number of thiocarbonyl (C=S) groups is 1. The Labute approximate surface area is 155 Å². The average Bonchev–Trinajstić information content (AvgIpc) is 3.07. The Morgan fingerprint density at radius 2 is 1.64 bits per heavy atom. The van der Waals surface area contributed by atoms with Crippen LogP contribution in [0.15, 0.2) is 59.5 Å². The van der Waals surface area contributed by atoms with Gasteiger partial charge in [-0.2, -0.15) is 0 Å². The van der Waals surface area contributed by atoms with Gasteiger partial charge in [0, 0.05) is 12.1 Å².